The summed E-state index contributed by atoms with van der Waals surface area (Å²) in [5.74, 6) is -1.98. The molecule has 0 spiro atoms. The molecule has 0 radical (unpaired) electrons. The summed E-state index contributed by atoms with van der Waals surface area (Å²) in [5.41, 5.74) is 1.27. The Hall–Kier alpha value is -4.40. The van der Waals surface area contributed by atoms with Crippen LogP contribution in [-0.2, 0) is 9.59 Å². The number of benzene rings is 4. The lowest BCUT2D eigenvalue weighted by Gasteiger charge is -2.14. The smallest absolute Gasteiger partial charge is 0.272 e. The van der Waals surface area contributed by atoms with Crippen LogP contribution in [0.3, 0.4) is 0 Å². The minimum Gasteiger partial charge on any atom is -0.325 e. The van der Waals surface area contributed by atoms with E-state index >= 15 is 0 Å². The van der Waals surface area contributed by atoms with Crippen molar-refractivity contribution in [2.24, 2.45) is 0 Å². The SMILES string of the molecule is CC(Sc1ccc(NC(=O)/C(=C/c2c(F)cccc2Cl)NC(=O)c2ccccc2)cc1)C(=O)Nc1ccccc1. The monoisotopic (exact) mass is 573 g/mol. The van der Waals surface area contributed by atoms with E-state index in [4.69, 9.17) is 11.6 Å². The Morgan fingerprint density at radius 1 is 0.800 bits per heavy atom. The lowest BCUT2D eigenvalue weighted by atomic mass is 10.1. The van der Waals surface area contributed by atoms with Gasteiger partial charge in [-0.25, -0.2) is 4.39 Å². The number of hydrogen-bond donors (Lipinski definition) is 3. The molecule has 0 aliphatic rings. The Bertz CT molecular complexity index is 1510. The summed E-state index contributed by atoms with van der Waals surface area (Å²) >= 11 is 7.53. The highest BCUT2D eigenvalue weighted by Gasteiger charge is 2.18. The average molecular weight is 574 g/mol. The average Bonchev–Trinajstić information content (AvgIpc) is 2.96. The number of halogens is 2. The molecule has 0 aromatic heterocycles. The number of nitrogens with one attached hydrogen (secondary N) is 3. The van der Waals surface area contributed by atoms with Gasteiger partial charge < -0.3 is 16.0 Å². The number of hydrogen-bond acceptors (Lipinski definition) is 4. The van der Waals surface area contributed by atoms with Gasteiger partial charge in [-0.2, -0.15) is 0 Å². The lowest BCUT2D eigenvalue weighted by Crippen LogP contribution is -2.30. The van der Waals surface area contributed by atoms with Crippen LogP contribution in [0.25, 0.3) is 6.08 Å². The third kappa shape index (κ3) is 7.81. The fraction of sp³-hybridized carbons (Fsp3) is 0.0645. The minimum atomic E-state index is -0.667. The van der Waals surface area contributed by atoms with E-state index in [1.165, 1.54) is 36.0 Å². The predicted molar refractivity (Wildman–Crippen MR) is 159 cm³/mol. The molecule has 4 rings (SSSR count). The maximum atomic E-state index is 14.5. The van der Waals surface area contributed by atoms with Crippen LogP contribution in [0.1, 0.15) is 22.8 Å². The Labute approximate surface area is 240 Å². The van der Waals surface area contributed by atoms with Crippen molar-refractivity contribution < 1.29 is 18.8 Å². The quantitative estimate of drug-likeness (QED) is 0.148. The summed E-state index contributed by atoms with van der Waals surface area (Å²) in [7, 11) is 0. The maximum absolute atomic E-state index is 14.5. The van der Waals surface area contributed by atoms with Gasteiger partial charge in [-0.1, -0.05) is 54.1 Å². The van der Waals surface area contributed by atoms with Crippen molar-refractivity contribution in [2.45, 2.75) is 17.1 Å². The standard InChI is InChI=1S/C31H25ClFN3O3S/c1-20(29(37)34-22-11-6-3-7-12-22)40-24-17-15-23(16-18-24)35-31(39)28(19-25-26(32)13-8-14-27(25)33)36-30(38)21-9-4-2-5-10-21/h2-20H,1H3,(H,34,37)(H,35,39)(H,36,38)/b28-19-. The van der Waals surface area contributed by atoms with Crippen molar-refractivity contribution >= 4 is 58.5 Å². The molecule has 1 atom stereocenters. The van der Waals surface area contributed by atoms with Gasteiger partial charge in [0.25, 0.3) is 11.8 Å². The first-order valence-corrected chi connectivity index (χ1v) is 13.5. The molecule has 4 aromatic carbocycles. The molecule has 0 bridgehead atoms. The number of para-hydroxylation sites is 1. The molecule has 202 valence electrons. The topological polar surface area (TPSA) is 87.3 Å². The van der Waals surface area contributed by atoms with Gasteiger partial charge in [0.2, 0.25) is 5.91 Å². The largest absolute Gasteiger partial charge is 0.325 e. The van der Waals surface area contributed by atoms with E-state index in [2.05, 4.69) is 16.0 Å². The maximum Gasteiger partial charge on any atom is 0.272 e. The zero-order valence-corrected chi connectivity index (χ0v) is 22.9. The van der Waals surface area contributed by atoms with Crippen molar-refractivity contribution in [3.63, 3.8) is 0 Å². The van der Waals surface area contributed by atoms with Gasteiger partial charge in [0.1, 0.15) is 11.5 Å². The molecule has 0 heterocycles. The fourth-order valence-corrected chi connectivity index (χ4v) is 4.66. The molecule has 0 saturated heterocycles. The molecule has 40 heavy (non-hydrogen) atoms. The van der Waals surface area contributed by atoms with Crippen LogP contribution in [0.4, 0.5) is 15.8 Å². The normalized spacial score (nSPS) is 11.8. The second-order valence-electron chi connectivity index (χ2n) is 8.61. The Morgan fingerprint density at radius 2 is 1.43 bits per heavy atom. The first kappa shape index (κ1) is 28.6. The highest BCUT2D eigenvalue weighted by Crippen LogP contribution is 2.26. The van der Waals surface area contributed by atoms with E-state index in [9.17, 15) is 18.8 Å². The van der Waals surface area contributed by atoms with Crippen molar-refractivity contribution in [1.82, 2.24) is 5.32 Å². The molecule has 9 heteroatoms. The predicted octanol–water partition coefficient (Wildman–Crippen LogP) is 7.01. The zero-order valence-electron chi connectivity index (χ0n) is 21.4. The van der Waals surface area contributed by atoms with E-state index in [1.807, 2.05) is 30.3 Å². The number of thioether (sulfide) groups is 1. The van der Waals surface area contributed by atoms with Gasteiger partial charge in [-0.3, -0.25) is 14.4 Å². The number of rotatable bonds is 9. The van der Waals surface area contributed by atoms with E-state index in [-0.39, 0.29) is 27.4 Å². The van der Waals surface area contributed by atoms with Crippen LogP contribution in [0.15, 0.2) is 114 Å². The summed E-state index contributed by atoms with van der Waals surface area (Å²) in [6.07, 6.45) is 1.20. The first-order valence-electron chi connectivity index (χ1n) is 12.3. The van der Waals surface area contributed by atoms with Crippen LogP contribution in [-0.4, -0.2) is 23.0 Å². The molecular weight excluding hydrogens is 549 g/mol. The summed E-state index contributed by atoms with van der Waals surface area (Å²) in [6, 6.07) is 28.6. The summed E-state index contributed by atoms with van der Waals surface area (Å²) in [4.78, 5) is 39.4. The van der Waals surface area contributed by atoms with Crippen LogP contribution >= 0.6 is 23.4 Å². The Balaban J connectivity index is 1.47. The summed E-state index contributed by atoms with van der Waals surface area (Å²) in [5, 5.41) is 7.88. The van der Waals surface area contributed by atoms with Crippen molar-refractivity contribution in [3.05, 3.63) is 131 Å². The van der Waals surface area contributed by atoms with Gasteiger partial charge in [-0.15, -0.1) is 11.8 Å². The summed E-state index contributed by atoms with van der Waals surface area (Å²) in [6.45, 7) is 1.80. The molecule has 0 fully saturated rings. The third-order valence-electron chi connectivity index (χ3n) is 5.65. The molecule has 4 aromatic rings. The van der Waals surface area contributed by atoms with Crippen LogP contribution < -0.4 is 16.0 Å². The van der Waals surface area contributed by atoms with E-state index in [0.717, 1.165) is 10.6 Å². The van der Waals surface area contributed by atoms with Crippen LogP contribution in [0.2, 0.25) is 5.02 Å². The number of anilines is 2. The molecule has 1 unspecified atom stereocenters. The van der Waals surface area contributed by atoms with Gasteiger partial charge in [0.15, 0.2) is 0 Å². The van der Waals surface area contributed by atoms with Gasteiger partial charge in [-0.05, 0) is 73.7 Å². The molecule has 3 N–H and O–H groups in total. The Kier molecular flexibility index (Phi) is 9.72. The highest BCUT2D eigenvalue weighted by molar-refractivity contribution is 8.00. The minimum absolute atomic E-state index is 0.0304. The van der Waals surface area contributed by atoms with E-state index in [1.54, 1.807) is 61.5 Å². The van der Waals surface area contributed by atoms with E-state index < -0.39 is 17.6 Å². The van der Waals surface area contributed by atoms with Crippen LogP contribution in [0, 0.1) is 5.82 Å². The lowest BCUT2D eigenvalue weighted by molar-refractivity contribution is -0.115. The Morgan fingerprint density at radius 3 is 2.08 bits per heavy atom. The van der Waals surface area contributed by atoms with Crippen LogP contribution in [0.5, 0.6) is 0 Å². The van der Waals surface area contributed by atoms with Gasteiger partial charge in [0.05, 0.1) is 10.3 Å². The number of carbonyl (C=O) groups is 3. The van der Waals surface area contributed by atoms with Crippen molar-refractivity contribution in [1.29, 1.82) is 0 Å². The first-order chi connectivity index (χ1) is 19.3. The zero-order chi connectivity index (χ0) is 28.5. The molecular formula is C31H25ClFN3O3S. The molecule has 0 aliphatic heterocycles. The molecule has 6 nitrogen and oxygen atoms in total. The molecule has 0 saturated carbocycles. The number of carbonyl (C=O) groups excluding carboxylic acids is 3. The van der Waals surface area contributed by atoms with Gasteiger partial charge >= 0.3 is 0 Å². The summed E-state index contributed by atoms with van der Waals surface area (Å²) < 4.78 is 14.5. The fourth-order valence-electron chi connectivity index (χ4n) is 3.57. The number of amides is 3. The second kappa shape index (κ2) is 13.6. The second-order valence-corrected chi connectivity index (χ2v) is 10.4. The van der Waals surface area contributed by atoms with Crippen molar-refractivity contribution in [2.75, 3.05) is 10.6 Å². The van der Waals surface area contributed by atoms with Gasteiger partial charge in [0, 0.05) is 27.4 Å². The third-order valence-corrected chi connectivity index (χ3v) is 7.09. The molecule has 3 amide bonds. The highest BCUT2D eigenvalue weighted by atomic mass is 35.5. The van der Waals surface area contributed by atoms with E-state index in [0.29, 0.717) is 11.3 Å². The molecule has 0 aliphatic carbocycles. The van der Waals surface area contributed by atoms with Crippen molar-refractivity contribution in [3.8, 4) is 0 Å².